The maximum atomic E-state index is 9.19. The summed E-state index contributed by atoms with van der Waals surface area (Å²) >= 11 is 0. The average Bonchev–Trinajstić information content (AvgIpc) is 2.23. The molecule has 2 nitrogen and oxygen atoms in total. The van der Waals surface area contributed by atoms with Crippen LogP contribution in [0, 0.1) is 17.3 Å². The van der Waals surface area contributed by atoms with Crippen LogP contribution in [0.2, 0.25) is 0 Å². The molecule has 0 saturated heterocycles. The summed E-state index contributed by atoms with van der Waals surface area (Å²) in [6.07, 6.45) is 6.36. The maximum absolute atomic E-state index is 9.19. The Hall–Kier alpha value is -0.0800. The lowest BCUT2D eigenvalue weighted by molar-refractivity contribution is 0.146. The van der Waals surface area contributed by atoms with Crippen molar-refractivity contribution >= 4 is 0 Å². The van der Waals surface area contributed by atoms with E-state index in [4.69, 9.17) is 0 Å². The van der Waals surface area contributed by atoms with Crippen molar-refractivity contribution in [2.75, 3.05) is 13.2 Å². The molecule has 0 spiro atoms. The number of nitrogens with one attached hydrogen (secondary N) is 1. The molecule has 1 aliphatic rings. The van der Waals surface area contributed by atoms with Gasteiger partial charge in [0.15, 0.2) is 0 Å². The molecule has 1 fully saturated rings. The highest BCUT2D eigenvalue weighted by Gasteiger charge is 2.23. The maximum Gasteiger partial charge on any atom is 0.0482 e. The molecule has 2 N–H and O–H groups in total. The van der Waals surface area contributed by atoms with Crippen LogP contribution in [0.4, 0.5) is 0 Å². The lowest BCUT2D eigenvalue weighted by Crippen LogP contribution is -2.37. The second kappa shape index (κ2) is 6.75. The molecule has 0 aromatic heterocycles. The molecule has 0 bridgehead atoms. The molecule has 0 aromatic carbocycles. The van der Waals surface area contributed by atoms with E-state index in [9.17, 15) is 5.11 Å². The largest absolute Gasteiger partial charge is 0.396 e. The number of hydrogen-bond donors (Lipinski definition) is 2. The number of rotatable bonds is 6. The van der Waals surface area contributed by atoms with Gasteiger partial charge in [0.1, 0.15) is 0 Å². The third-order valence-corrected chi connectivity index (χ3v) is 4.07. The molecule has 2 unspecified atom stereocenters. The van der Waals surface area contributed by atoms with Crippen LogP contribution in [-0.4, -0.2) is 24.3 Å². The zero-order chi connectivity index (χ0) is 12.9. The highest BCUT2D eigenvalue weighted by atomic mass is 16.3. The van der Waals surface area contributed by atoms with Gasteiger partial charge in [-0.2, -0.15) is 0 Å². The van der Waals surface area contributed by atoms with Gasteiger partial charge in [-0.15, -0.1) is 0 Å². The van der Waals surface area contributed by atoms with Crippen LogP contribution >= 0.6 is 0 Å². The minimum absolute atomic E-state index is 0.0921. The molecule has 0 heterocycles. The van der Waals surface area contributed by atoms with Crippen LogP contribution in [0.3, 0.4) is 0 Å². The molecular weight excluding hydrogens is 210 g/mol. The summed E-state index contributed by atoms with van der Waals surface area (Å²) in [5, 5.41) is 12.9. The highest BCUT2D eigenvalue weighted by Crippen LogP contribution is 2.28. The molecule has 1 aliphatic carbocycles. The van der Waals surface area contributed by atoms with Crippen molar-refractivity contribution in [1.82, 2.24) is 5.32 Å². The van der Waals surface area contributed by atoms with Gasteiger partial charge in [0, 0.05) is 12.6 Å². The third-order valence-electron chi connectivity index (χ3n) is 4.07. The predicted molar refractivity (Wildman–Crippen MR) is 74.1 cm³/mol. The molecule has 2 heteroatoms. The van der Waals surface area contributed by atoms with Gasteiger partial charge in [0.25, 0.3) is 0 Å². The van der Waals surface area contributed by atoms with E-state index >= 15 is 0 Å². The summed E-state index contributed by atoms with van der Waals surface area (Å²) in [4.78, 5) is 0. The molecule has 2 atom stereocenters. The molecule has 1 saturated carbocycles. The van der Waals surface area contributed by atoms with Crippen LogP contribution in [0.15, 0.2) is 0 Å². The van der Waals surface area contributed by atoms with E-state index in [0.29, 0.717) is 6.61 Å². The normalized spacial score (nSPS) is 30.5. The van der Waals surface area contributed by atoms with E-state index in [1.54, 1.807) is 0 Å². The van der Waals surface area contributed by atoms with Crippen LogP contribution < -0.4 is 5.32 Å². The Kier molecular flexibility index (Phi) is 5.94. The standard InChI is InChI=1S/C15H31NO/c1-12-8-13(2)10-14(9-12)16-7-5-6-15(3,4)11-17/h12-14,16-17H,5-11H2,1-4H3. The van der Waals surface area contributed by atoms with Crippen LogP contribution in [-0.2, 0) is 0 Å². The topological polar surface area (TPSA) is 32.3 Å². The van der Waals surface area contributed by atoms with Crippen molar-refractivity contribution in [1.29, 1.82) is 0 Å². The van der Waals surface area contributed by atoms with E-state index in [2.05, 4.69) is 33.0 Å². The summed E-state index contributed by atoms with van der Waals surface area (Å²) in [5.74, 6) is 1.76. The predicted octanol–water partition coefficient (Wildman–Crippen LogP) is 3.20. The van der Waals surface area contributed by atoms with Crippen molar-refractivity contribution < 1.29 is 5.11 Å². The zero-order valence-corrected chi connectivity index (χ0v) is 12.1. The van der Waals surface area contributed by atoms with Gasteiger partial charge < -0.3 is 10.4 Å². The fraction of sp³-hybridized carbons (Fsp3) is 1.00. The zero-order valence-electron chi connectivity index (χ0n) is 12.1. The monoisotopic (exact) mass is 241 g/mol. The van der Waals surface area contributed by atoms with Gasteiger partial charge in [-0.3, -0.25) is 0 Å². The van der Waals surface area contributed by atoms with Crippen molar-refractivity contribution in [2.45, 2.75) is 65.8 Å². The molecule has 0 radical (unpaired) electrons. The SMILES string of the molecule is CC1CC(C)CC(NCCCC(C)(C)CO)C1. The van der Waals surface area contributed by atoms with Gasteiger partial charge in [-0.25, -0.2) is 0 Å². The molecule has 1 rings (SSSR count). The molecule has 0 aliphatic heterocycles. The van der Waals surface area contributed by atoms with E-state index in [-0.39, 0.29) is 5.41 Å². The first-order valence-corrected chi connectivity index (χ1v) is 7.27. The van der Waals surface area contributed by atoms with Gasteiger partial charge in [-0.1, -0.05) is 27.7 Å². The summed E-state index contributed by atoms with van der Waals surface area (Å²) < 4.78 is 0. The van der Waals surface area contributed by atoms with Crippen LogP contribution in [0.25, 0.3) is 0 Å². The first-order valence-electron chi connectivity index (χ1n) is 7.27. The van der Waals surface area contributed by atoms with Gasteiger partial charge in [-0.05, 0) is 55.9 Å². The number of hydrogen-bond acceptors (Lipinski definition) is 2. The minimum atomic E-state index is 0.0921. The smallest absolute Gasteiger partial charge is 0.0482 e. The first-order chi connectivity index (χ1) is 7.93. The molecule has 102 valence electrons. The second-order valence-corrected chi connectivity index (χ2v) is 6.99. The van der Waals surface area contributed by atoms with E-state index in [1.165, 1.54) is 25.7 Å². The van der Waals surface area contributed by atoms with E-state index in [1.807, 2.05) is 0 Å². The lowest BCUT2D eigenvalue weighted by atomic mass is 9.80. The van der Waals surface area contributed by atoms with E-state index < -0.39 is 0 Å². The Balaban J connectivity index is 2.14. The Labute approximate surface area is 107 Å². The Morgan fingerprint density at radius 2 is 1.71 bits per heavy atom. The third kappa shape index (κ3) is 5.87. The van der Waals surface area contributed by atoms with Crippen molar-refractivity contribution in [3.63, 3.8) is 0 Å². The summed E-state index contributed by atoms with van der Waals surface area (Å²) in [6, 6.07) is 0.728. The lowest BCUT2D eigenvalue weighted by Gasteiger charge is -2.32. The van der Waals surface area contributed by atoms with Crippen molar-refractivity contribution in [3.8, 4) is 0 Å². The Morgan fingerprint density at radius 3 is 2.24 bits per heavy atom. The number of aliphatic hydroxyl groups excluding tert-OH is 1. The quantitative estimate of drug-likeness (QED) is 0.700. The van der Waals surface area contributed by atoms with Crippen LogP contribution in [0.5, 0.6) is 0 Å². The average molecular weight is 241 g/mol. The number of aliphatic hydroxyl groups is 1. The first kappa shape index (κ1) is 15.0. The molecule has 0 amide bonds. The van der Waals surface area contributed by atoms with Gasteiger partial charge >= 0.3 is 0 Å². The Morgan fingerprint density at radius 1 is 1.12 bits per heavy atom. The van der Waals surface area contributed by atoms with Gasteiger partial charge in [0.2, 0.25) is 0 Å². The summed E-state index contributed by atoms with van der Waals surface area (Å²) in [6.45, 7) is 10.4. The molecular formula is C15H31NO. The highest BCUT2D eigenvalue weighted by molar-refractivity contribution is 4.79. The Bertz CT molecular complexity index is 205. The molecule has 17 heavy (non-hydrogen) atoms. The second-order valence-electron chi connectivity index (χ2n) is 6.99. The summed E-state index contributed by atoms with van der Waals surface area (Å²) in [7, 11) is 0. The van der Waals surface area contributed by atoms with Crippen molar-refractivity contribution in [2.24, 2.45) is 17.3 Å². The minimum Gasteiger partial charge on any atom is -0.396 e. The van der Waals surface area contributed by atoms with Gasteiger partial charge in [0.05, 0.1) is 0 Å². The molecule has 0 aromatic rings. The van der Waals surface area contributed by atoms with Crippen LogP contribution in [0.1, 0.15) is 59.8 Å². The fourth-order valence-corrected chi connectivity index (χ4v) is 3.07. The summed E-state index contributed by atoms with van der Waals surface area (Å²) in [5.41, 5.74) is 0.0921. The van der Waals surface area contributed by atoms with E-state index in [0.717, 1.165) is 30.8 Å². The fourth-order valence-electron chi connectivity index (χ4n) is 3.07. The van der Waals surface area contributed by atoms with Crippen molar-refractivity contribution in [3.05, 3.63) is 0 Å².